The topological polar surface area (TPSA) is 46.3 Å². The maximum absolute atomic E-state index is 11.0. The molecule has 11 heavy (non-hydrogen) atoms. The molecule has 3 heteroatoms. The third-order valence-electron chi connectivity index (χ3n) is 2.93. The Morgan fingerprint density at radius 1 is 1.64 bits per heavy atom. The molecule has 1 aliphatic rings. The molecule has 1 fully saturated rings. The van der Waals surface area contributed by atoms with E-state index in [9.17, 15) is 4.79 Å². The van der Waals surface area contributed by atoms with E-state index in [1.165, 1.54) is 0 Å². The highest BCUT2D eigenvalue weighted by Crippen LogP contribution is 2.32. The fourth-order valence-electron chi connectivity index (χ4n) is 1.72. The maximum Gasteiger partial charge on any atom is 0.222 e. The van der Waals surface area contributed by atoms with Gasteiger partial charge in [-0.2, -0.15) is 0 Å². The van der Waals surface area contributed by atoms with Crippen molar-refractivity contribution in [1.82, 2.24) is 4.90 Å². The van der Waals surface area contributed by atoms with E-state index in [0.29, 0.717) is 0 Å². The summed E-state index contributed by atoms with van der Waals surface area (Å²) in [5, 5.41) is 0. The Morgan fingerprint density at radius 3 is 2.36 bits per heavy atom. The minimum Gasteiger partial charge on any atom is -0.369 e. The molecule has 0 aliphatic carbocycles. The first-order valence-corrected chi connectivity index (χ1v) is 3.97. The van der Waals surface area contributed by atoms with Gasteiger partial charge in [0.25, 0.3) is 0 Å². The molecule has 0 aromatic heterocycles. The van der Waals surface area contributed by atoms with Gasteiger partial charge in [-0.1, -0.05) is 0 Å². The molecule has 1 heterocycles. The Morgan fingerprint density at radius 2 is 2.18 bits per heavy atom. The molecule has 0 spiro atoms. The Bertz CT molecular complexity index is 177. The summed E-state index contributed by atoms with van der Waals surface area (Å²) < 4.78 is 0. The van der Waals surface area contributed by atoms with E-state index >= 15 is 0 Å². The van der Waals surface area contributed by atoms with Crippen LogP contribution in [0.25, 0.3) is 0 Å². The average molecular weight is 156 g/mol. The number of hydrogen-bond acceptors (Lipinski definition) is 2. The predicted octanol–water partition coefficient (Wildman–Crippen LogP) is 0.202. The second-order valence-electron chi connectivity index (χ2n) is 3.82. The summed E-state index contributed by atoms with van der Waals surface area (Å²) in [5.41, 5.74) is 5.22. The molecular formula is C8H16N2O. The molecule has 1 atom stereocenters. The second kappa shape index (κ2) is 2.48. The van der Waals surface area contributed by atoms with Crippen molar-refractivity contribution in [3.05, 3.63) is 0 Å². The third kappa shape index (κ3) is 1.25. The van der Waals surface area contributed by atoms with Gasteiger partial charge in [-0.15, -0.1) is 0 Å². The molecule has 1 amide bonds. The van der Waals surface area contributed by atoms with Crippen LogP contribution < -0.4 is 5.73 Å². The number of nitrogens with zero attached hydrogens (tertiary/aromatic N) is 1. The van der Waals surface area contributed by atoms with E-state index < -0.39 is 0 Å². The van der Waals surface area contributed by atoms with E-state index in [-0.39, 0.29) is 17.4 Å². The van der Waals surface area contributed by atoms with E-state index in [1.54, 1.807) is 0 Å². The third-order valence-corrected chi connectivity index (χ3v) is 2.93. The van der Waals surface area contributed by atoms with Crippen molar-refractivity contribution in [2.24, 2.45) is 11.7 Å². The zero-order valence-electron chi connectivity index (χ0n) is 7.42. The molecule has 1 unspecified atom stereocenters. The summed E-state index contributed by atoms with van der Waals surface area (Å²) >= 11 is 0. The number of nitrogens with two attached hydrogens (primary N) is 1. The van der Waals surface area contributed by atoms with Gasteiger partial charge < -0.3 is 10.6 Å². The molecule has 1 saturated heterocycles. The summed E-state index contributed by atoms with van der Waals surface area (Å²) in [5.74, 6) is -0.146. The van der Waals surface area contributed by atoms with E-state index in [4.69, 9.17) is 5.73 Å². The van der Waals surface area contributed by atoms with Gasteiger partial charge >= 0.3 is 0 Å². The lowest BCUT2D eigenvalue weighted by Crippen LogP contribution is -2.44. The molecule has 64 valence electrons. The molecule has 2 N–H and O–H groups in total. The van der Waals surface area contributed by atoms with Gasteiger partial charge in [-0.3, -0.25) is 4.79 Å². The van der Waals surface area contributed by atoms with Crippen LogP contribution in [0.5, 0.6) is 0 Å². The van der Waals surface area contributed by atoms with Crippen molar-refractivity contribution in [2.75, 3.05) is 13.6 Å². The van der Waals surface area contributed by atoms with Crippen molar-refractivity contribution >= 4 is 5.91 Å². The van der Waals surface area contributed by atoms with Gasteiger partial charge in [0.2, 0.25) is 5.91 Å². The van der Waals surface area contributed by atoms with Crippen LogP contribution in [0.15, 0.2) is 0 Å². The van der Waals surface area contributed by atoms with Gasteiger partial charge in [-0.25, -0.2) is 0 Å². The second-order valence-corrected chi connectivity index (χ2v) is 3.82. The van der Waals surface area contributed by atoms with Gasteiger partial charge in [0, 0.05) is 5.54 Å². The minimum absolute atomic E-state index is 0.0208. The number of primary amides is 1. The van der Waals surface area contributed by atoms with Gasteiger partial charge in [-0.05, 0) is 33.9 Å². The van der Waals surface area contributed by atoms with Crippen molar-refractivity contribution < 1.29 is 4.79 Å². The number of rotatable bonds is 1. The van der Waals surface area contributed by atoms with Crippen molar-refractivity contribution in [1.29, 1.82) is 0 Å². The predicted molar refractivity (Wildman–Crippen MR) is 44.0 cm³/mol. The quantitative estimate of drug-likeness (QED) is 0.589. The zero-order chi connectivity index (χ0) is 8.65. The van der Waals surface area contributed by atoms with Crippen LogP contribution in [-0.4, -0.2) is 29.9 Å². The van der Waals surface area contributed by atoms with Crippen molar-refractivity contribution in [2.45, 2.75) is 25.8 Å². The molecule has 0 saturated carbocycles. The zero-order valence-corrected chi connectivity index (χ0v) is 7.42. The summed E-state index contributed by atoms with van der Waals surface area (Å²) in [6.07, 6.45) is 0.902. The lowest BCUT2D eigenvalue weighted by molar-refractivity contribution is -0.123. The van der Waals surface area contributed by atoms with Crippen LogP contribution in [0.2, 0.25) is 0 Å². The van der Waals surface area contributed by atoms with Crippen LogP contribution in [0.4, 0.5) is 0 Å². The summed E-state index contributed by atoms with van der Waals surface area (Å²) in [6.45, 7) is 5.10. The van der Waals surface area contributed by atoms with Crippen molar-refractivity contribution in [3.8, 4) is 0 Å². The van der Waals surface area contributed by atoms with E-state index in [1.807, 2.05) is 7.05 Å². The van der Waals surface area contributed by atoms with Crippen LogP contribution in [0.1, 0.15) is 20.3 Å². The van der Waals surface area contributed by atoms with Crippen LogP contribution in [0, 0.1) is 5.92 Å². The van der Waals surface area contributed by atoms with E-state index in [2.05, 4.69) is 18.7 Å². The summed E-state index contributed by atoms with van der Waals surface area (Å²) in [7, 11) is 2.03. The Kier molecular flexibility index (Phi) is 1.92. The first kappa shape index (κ1) is 8.53. The summed E-state index contributed by atoms with van der Waals surface area (Å²) in [6, 6.07) is 0. The largest absolute Gasteiger partial charge is 0.369 e. The molecule has 3 nitrogen and oxygen atoms in total. The van der Waals surface area contributed by atoms with Gasteiger partial charge in [0.15, 0.2) is 0 Å². The number of amides is 1. The van der Waals surface area contributed by atoms with Gasteiger partial charge in [0.1, 0.15) is 0 Å². The molecule has 0 aromatic carbocycles. The first-order chi connectivity index (χ1) is 4.96. The standard InChI is InChI=1S/C8H16N2O/c1-8(2)6(7(9)11)4-5-10(8)3/h6H,4-5H2,1-3H3,(H2,9,11). The average Bonchev–Trinajstić information content (AvgIpc) is 2.08. The lowest BCUT2D eigenvalue weighted by Gasteiger charge is -2.31. The van der Waals surface area contributed by atoms with E-state index in [0.717, 1.165) is 13.0 Å². The number of carbonyl (C=O) groups is 1. The molecule has 0 aromatic rings. The molecule has 1 rings (SSSR count). The maximum atomic E-state index is 11.0. The van der Waals surface area contributed by atoms with Crippen molar-refractivity contribution in [3.63, 3.8) is 0 Å². The molecular weight excluding hydrogens is 140 g/mol. The number of hydrogen-bond donors (Lipinski definition) is 1. The number of carbonyl (C=O) groups excluding carboxylic acids is 1. The number of likely N-dealkylation sites (tertiary alicyclic amines) is 1. The van der Waals surface area contributed by atoms with Gasteiger partial charge in [0.05, 0.1) is 5.92 Å². The Labute approximate surface area is 67.5 Å². The normalized spacial score (nSPS) is 30.6. The summed E-state index contributed by atoms with van der Waals surface area (Å²) in [4.78, 5) is 13.1. The molecule has 1 aliphatic heterocycles. The fourth-order valence-corrected chi connectivity index (χ4v) is 1.72. The monoisotopic (exact) mass is 156 g/mol. The Hall–Kier alpha value is -0.570. The van der Waals surface area contributed by atoms with Crippen LogP contribution in [0.3, 0.4) is 0 Å². The SMILES string of the molecule is CN1CCC(C(N)=O)C1(C)C. The minimum atomic E-state index is -0.167. The smallest absolute Gasteiger partial charge is 0.222 e. The lowest BCUT2D eigenvalue weighted by atomic mass is 9.88. The van der Waals surface area contributed by atoms with Crippen LogP contribution in [-0.2, 0) is 4.79 Å². The molecule has 0 bridgehead atoms. The highest BCUT2D eigenvalue weighted by atomic mass is 16.1. The highest BCUT2D eigenvalue weighted by molar-refractivity contribution is 5.78. The fraction of sp³-hybridized carbons (Fsp3) is 0.875. The highest BCUT2D eigenvalue weighted by Gasteiger charge is 2.42. The van der Waals surface area contributed by atoms with Crippen LogP contribution >= 0.6 is 0 Å². The first-order valence-electron chi connectivity index (χ1n) is 3.97. The molecule has 0 radical (unpaired) electrons. The Balaban J connectivity index is 2.78.